The lowest BCUT2D eigenvalue weighted by Gasteiger charge is -2.22. The molecule has 0 aliphatic heterocycles. The van der Waals surface area contributed by atoms with Crippen LogP contribution in [0.3, 0.4) is 0 Å². The Balaban J connectivity index is 1.67. The molecular weight excluding hydrogens is 433 g/mol. The highest BCUT2D eigenvalue weighted by molar-refractivity contribution is 6.03. The zero-order valence-corrected chi connectivity index (χ0v) is 18.2. The number of hydrogen-bond acceptors (Lipinski definition) is 7. The lowest BCUT2D eigenvalue weighted by Crippen LogP contribution is -2.36. The maximum atomic E-state index is 14.6. The van der Waals surface area contributed by atoms with E-state index < -0.39 is 17.8 Å². The molecule has 0 atom stereocenters. The zero-order valence-electron chi connectivity index (χ0n) is 18.2. The standard InChI is InChI=1S/C21H20FN7O4/c1-10(2)29(21(31)32)14-8-23-20-26-18(27-28(20)9-14)15-7-13(5-6-16(15)22)25-19(30)17-11(3)24-12(4)33-17/h5-10H,1-4H3,(H,25,30)(H,31,32). The molecule has 11 nitrogen and oxygen atoms in total. The smallest absolute Gasteiger partial charge is 0.412 e. The van der Waals surface area contributed by atoms with Crippen molar-refractivity contribution in [2.75, 3.05) is 10.2 Å². The fraction of sp³-hybridized carbons (Fsp3) is 0.238. The number of carbonyl (C=O) groups is 2. The highest BCUT2D eigenvalue weighted by Gasteiger charge is 2.21. The Morgan fingerprint density at radius 2 is 2.00 bits per heavy atom. The van der Waals surface area contributed by atoms with Crippen LogP contribution >= 0.6 is 0 Å². The Morgan fingerprint density at radius 3 is 2.64 bits per heavy atom. The molecule has 170 valence electrons. The number of carboxylic acid groups (broad SMARTS) is 1. The maximum Gasteiger partial charge on any atom is 0.412 e. The van der Waals surface area contributed by atoms with Gasteiger partial charge in [-0.3, -0.25) is 9.69 Å². The van der Waals surface area contributed by atoms with E-state index in [-0.39, 0.29) is 29.0 Å². The SMILES string of the molecule is Cc1nc(C)c(C(=O)Nc2ccc(F)c(-c3nc4ncc(N(C(=O)O)C(C)C)cn4n3)c2)o1. The summed E-state index contributed by atoms with van der Waals surface area (Å²) in [4.78, 5) is 37.6. The molecule has 3 heterocycles. The molecular formula is C21H20FN7O4. The molecule has 4 aromatic rings. The second-order valence-electron chi connectivity index (χ2n) is 7.53. The van der Waals surface area contributed by atoms with Crippen LogP contribution in [0.4, 0.5) is 20.6 Å². The van der Waals surface area contributed by atoms with Gasteiger partial charge in [0.25, 0.3) is 11.7 Å². The average molecular weight is 453 g/mol. The molecule has 33 heavy (non-hydrogen) atoms. The van der Waals surface area contributed by atoms with Gasteiger partial charge in [0.1, 0.15) is 5.82 Å². The van der Waals surface area contributed by atoms with Crippen LogP contribution in [-0.4, -0.2) is 47.7 Å². The Kier molecular flexibility index (Phi) is 5.50. The average Bonchev–Trinajstić information content (AvgIpc) is 3.30. The second-order valence-corrected chi connectivity index (χ2v) is 7.53. The minimum Gasteiger partial charge on any atom is -0.465 e. The number of oxazole rings is 1. The van der Waals surface area contributed by atoms with Gasteiger partial charge in [0.2, 0.25) is 5.76 Å². The van der Waals surface area contributed by atoms with Crippen molar-refractivity contribution >= 4 is 29.2 Å². The molecule has 0 fully saturated rings. The molecule has 12 heteroatoms. The monoisotopic (exact) mass is 453 g/mol. The molecule has 2 N–H and O–H groups in total. The van der Waals surface area contributed by atoms with Gasteiger partial charge in [0, 0.05) is 18.7 Å². The van der Waals surface area contributed by atoms with Crippen molar-refractivity contribution in [3.63, 3.8) is 0 Å². The van der Waals surface area contributed by atoms with Gasteiger partial charge in [-0.15, -0.1) is 5.10 Å². The third-order valence-corrected chi connectivity index (χ3v) is 4.76. The number of carbonyl (C=O) groups excluding carboxylic acids is 1. The second kappa shape index (κ2) is 8.30. The number of hydrogen-bond donors (Lipinski definition) is 2. The quantitative estimate of drug-likeness (QED) is 0.467. The van der Waals surface area contributed by atoms with Crippen LogP contribution in [-0.2, 0) is 0 Å². The molecule has 0 saturated heterocycles. The van der Waals surface area contributed by atoms with Crippen LogP contribution < -0.4 is 10.2 Å². The summed E-state index contributed by atoms with van der Waals surface area (Å²) in [5.41, 5.74) is 1.06. The highest BCUT2D eigenvalue weighted by atomic mass is 19.1. The molecule has 0 unspecified atom stereocenters. The van der Waals surface area contributed by atoms with Crippen molar-refractivity contribution in [3.8, 4) is 11.4 Å². The van der Waals surface area contributed by atoms with Crippen LogP contribution in [0.25, 0.3) is 17.2 Å². The summed E-state index contributed by atoms with van der Waals surface area (Å²) in [5.74, 6) is -0.533. The molecule has 0 saturated carbocycles. The fourth-order valence-corrected chi connectivity index (χ4v) is 3.34. The molecule has 0 aliphatic rings. The van der Waals surface area contributed by atoms with E-state index in [2.05, 4.69) is 25.4 Å². The van der Waals surface area contributed by atoms with Crippen LogP contribution in [0.5, 0.6) is 0 Å². The summed E-state index contributed by atoms with van der Waals surface area (Å²) in [5, 5.41) is 16.3. The van der Waals surface area contributed by atoms with E-state index >= 15 is 0 Å². The molecule has 0 spiro atoms. The molecule has 2 amide bonds. The van der Waals surface area contributed by atoms with E-state index in [4.69, 9.17) is 4.42 Å². The predicted octanol–water partition coefficient (Wildman–Crippen LogP) is 3.68. The lowest BCUT2D eigenvalue weighted by atomic mass is 10.1. The number of rotatable bonds is 5. The van der Waals surface area contributed by atoms with E-state index in [0.29, 0.717) is 23.0 Å². The first-order valence-corrected chi connectivity index (χ1v) is 9.94. The first-order valence-electron chi connectivity index (χ1n) is 9.94. The normalized spacial score (nSPS) is 11.2. The number of amides is 2. The maximum absolute atomic E-state index is 14.6. The van der Waals surface area contributed by atoms with Crippen molar-refractivity contribution in [1.82, 2.24) is 24.6 Å². The number of benzene rings is 1. The van der Waals surface area contributed by atoms with Gasteiger partial charge in [-0.1, -0.05) is 0 Å². The fourth-order valence-electron chi connectivity index (χ4n) is 3.34. The van der Waals surface area contributed by atoms with E-state index in [1.54, 1.807) is 27.7 Å². The summed E-state index contributed by atoms with van der Waals surface area (Å²) in [6, 6.07) is 3.63. The number of aromatic nitrogens is 5. The molecule has 1 aromatic carbocycles. The molecule has 0 aliphatic carbocycles. The van der Waals surface area contributed by atoms with Gasteiger partial charge >= 0.3 is 6.09 Å². The third-order valence-electron chi connectivity index (χ3n) is 4.76. The van der Waals surface area contributed by atoms with Crippen LogP contribution in [0.2, 0.25) is 0 Å². The van der Waals surface area contributed by atoms with E-state index in [0.717, 1.165) is 4.90 Å². The number of nitrogens with one attached hydrogen (secondary N) is 1. The summed E-state index contributed by atoms with van der Waals surface area (Å²) in [6.07, 6.45) is 1.67. The summed E-state index contributed by atoms with van der Waals surface area (Å²) >= 11 is 0. The van der Waals surface area contributed by atoms with Crippen LogP contribution in [0.15, 0.2) is 35.0 Å². The Hall–Kier alpha value is -4.35. The zero-order chi connectivity index (χ0) is 23.9. The van der Waals surface area contributed by atoms with Gasteiger partial charge < -0.3 is 14.8 Å². The first kappa shape index (κ1) is 21.9. The highest BCUT2D eigenvalue weighted by Crippen LogP contribution is 2.25. The Morgan fingerprint density at radius 1 is 1.24 bits per heavy atom. The van der Waals surface area contributed by atoms with Crippen molar-refractivity contribution in [2.45, 2.75) is 33.7 Å². The van der Waals surface area contributed by atoms with Crippen molar-refractivity contribution in [1.29, 1.82) is 0 Å². The van der Waals surface area contributed by atoms with E-state index in [1.165, 1.54) is 35.1 Å². The van der Waals surface area contributed by atoms with E-state index in [9.17, 15) is 19.1 Å². The number of aryl methyl sites for hydroxylation is 2. The minimum absolute atomic E-state index is 0.0198. The lowest BCUT2D eigenvalue weighted by molar-refractivity contribution is 0.0994. The van der Waals surface area contributed by atoms with Gasteiger partial charge in [0.15, 0.2) is 11.7 Å². The topological polar surface area (TPSA) is 139 Å². The summed E-state index contributed by atoms with van der Waals surface area (Å²) in [6.45, 7) is 6.73. The summed E-state index contributed by atoms with van der Waals surface area (Å²) < 4.78 is 21.2. The van der Waals surface area contributed by atoms with Gasteiger partial charge in [-0.2, -0.15) is 4.98 Å². The van der Waals surface area contributed by atoms with E-state index in [1.807, 2.05) is 0 Å². The largest absolute Gasteiger partial charge is 0.465 e. The van der Waals surface area contributed by atoms with Crippen molar-refractivity contribution < 1.29 is 23.5 Å². The number of halogens is 1. The Labute approximate surface area is 186 Å². The van der Waals surface area contributed by atoms with Gasteiger partial charge in [0.05, 0.1) is 29.3 Å². The number of nitrogens with zero attached hydrogens (tertiary/aromatic N) is 6. The van der Waals surface area contributed by atoms with Crippen LogP contribution in [0.1, 0.15) is 36.0 Å². The number of anilines is 2. The van der Waals surface area contributed by atoms with Gasteiger partial charge in [-0.05, 0) is 39.0 Å². The van der Waals surface area contributed by atoms with Crippen molar-refractivity contribution in [2.24, 2.45) is 0 Å². The molecule has 0 bridgehead atoms. The third kappa shape index (κ3) is 4.22. The molecule has 0 radical (unpaired) electrons. The first-order chi connectivity index (χ1) is 15.6. The minimum atomic E-state index is -1.14. The van der Waals surface area contributed by atoms with Gasteiger partial charge in [-0.25, -0.2) is 23.7 Å². The predicted molar refractivity (Wildman–Crippen MR) is 116 cm³/mol. The molecule has 4 rings (SSSR count). The molecule has 3 aromatic heterocycles. The number of fused-ring (bicyclic) bond motifs is 1. The van der Waals surface area contributed by atoms with Crippen molar-refractivity contribution in [3.05, 3.63) is 53.8 Å². The van der Waals surface area contributed by atoms with Crippen LogP contribution in [0, 0.1) is 19.7 Å². The Bertz CT molecular complexity index is 1380. The summed E-state index contributed by atoms with van der Waals surface area (Å²) in [7, 11) is 0.